The average molecular weight is 544 g/mol. The number of urea groups is 1. The number of hydrogen-bond acceptors (Lipinski definition) is 7. The summed E-state index contributed by atoms with van der Waals surface area (Å²) in [6.07, 6.45) is 1.14. The van der Waals surface area contributed by atoms with E-state index in [4.69, 9.17) is 14.7 Å². The first kappa shape index (κ1) is 28.4. The Morgan fingerprint density at radius 2 is 1.95 bits per heavy atom. The molecule has 2 N–H and O–H groups in total. The second-order valence-electron chi connectivity index (χ2n) is 9.93. The van der Waals surface area contributed by atoms with Crippen molar-refractivity contribution < 1.29 is 24.2 Å². The van der Waals surface area contributed by atoms with Gasteiger partial charge < -0.3 is 29.7 Å². The van der Waals surface area contributed by atoms with Crippen molar-refractivity contribution in [1.82, 2.24) is 14.8 Å². The number of hydrogen-bond donors (Lipinski definition) is 2. The number of aliphatic hydroxyl groups is 1. The molecule has 3 aromatic rings. The average Bonchev–Trinajstić information content (AvgIpc) is 2.98. The number of aliphatic hydroxyl groups excluding tert-OH is 1. The lowest BCUT2D eigenvalue weighted by Crippen LogP contribution is -2.50. The highest BCUT2D eigenvalue weighted by atomic mass is 16.5. The number of likely N-dealkylation sites (N-methyl/N-ethyl adjacent to an activating group) is 1. The Morgan fingerprint density at radius 1 is 1.25 bits per heavy atom. The Morgan fingerprint density at radius 3 is 2.58 bits per heavy atom. The number of fused-ring (bicyclic) bond motifs is 1. The highest BCUT2D eigenvalue weighted by Crippen LogP contribution is 2.30. The molecule has 3 atom stereocenters. The van der Waals surface area contributed by atoms with Crippen molar-refractivity contribution in [3.8, 4) is 28.8 Å². The van der Waals surface area contributed by atoms with Gasteiger partial charge in [0, 0.05) is 37.0 Å². The summed E-state index contributed by atoms with van der Waals surface area (Å²) < 4.78 is 11.5. The Hall–Kier alpha value is -4.62. The zero-order valence-corrected chi connectivity index (χ0v) is 23.0. The molecule has 10 heteroatoms. The molecule has 1 aromatic heterocycles. The first-order valence-corrected chi connectivity index (χ1v) is 13.0. The van der Waals surface area contributed by atoms with Gasteiger partial charge in [0.25, 0.3) is 5.91 Å². The summed E-state index contributed by atoms with van der Waals surface area (Å²) in [4.78, 5) is 34.3. The van der Waals surface area contributed by atoms with Crippen LogP contribution < -0.4 is 14.8 Å². The summed E-state index contributed by atoms with van der Waals surface area (Å²) in [6.45, 7) is 4.08. The zero-order chi connectivity index (χ0) is 28.8. The Labute approximate surface area is 233 Å². The van der Waals surface area contributed by atoms with Gasteiger partial charge in [-0.3, -0.25) is 4.79 Å². The van der Waals surface area contributed by atoms with Gasteiger partial charge in [0.1, 0.15) is 17.4 Å². The molecule has 0 unspecified atom stereocenters. The molecule has 2 aromatic carbocycles. The topological polar surface area (TPSA) is 128 Å². The quantitative estimate of drug-likeness (QED) is 0.461. The van der Waals surface area contributed by atoms with E-state index in [0.717, 1.165) is 5.56 Å². The highest BCUT2D eigenvalue weighted by Gasteiger charge is 2.34. The lowest BCUT2D eigenvalue weighted by atomic mass is 9.99. The number of amides is 3. The number of nitrogens with one attached hydrogen (secondary N) is 1. The summed E-state index contributed by atoms with van der Waals surface area (Å²) in [5.41, 5.74) is 2.91. The van der Waals surface area contributed by atoms with Crippen molar-refractivity contribution in [1.29, 1.82) is 5.26 Å². The molecule has 208 valence electrons. The van der Waals surface area contributed by atoms with Crippen LogP contribution in [0.15, 0.2) is 60.8 Å². The number of anilines is 1. The van der Waals surface area contributed by atoms with Gasteiger partial charge in [-0.1, -0.05) is 19.1 Å². The van der Waals surface area contributed by atoms with E-state index < -0.39 is 12.1 Å². The van der Waals surface area contributed by atoms with Gasteiger partial charge in [-0.25, -0.2) is 9.78 Å². The first-order chi connectivity index (χ1) is 19.2. The van der Waals surface area contributed by atoms with E-state index in [-0.39, 0.29) is 42.5 Å². The number of pyridine rings is 1. The molecule has 4 rings (SSSR count). The molecule has 40 heavy (non-hydrogen) atoms. The molecular formula is C30H33N5O5. The molecule has 10 nitrogen and oxygen atoms in total. The normalized spacial score (nSPS) is 17.4. The van der Waals surface area contributed by atoms with E-state index in [0.29, 0.717) is 29.1 Å². The smallest absolute Gasteiger partial charge is 0.321 e. The van der Waals surface area contributed by atoms with Crippen LogP contribution in [0.4, 0.5) is 10.5 Å². The molecule has 0 fully saturated rings. The molecule has 0 saturated heterocycles. The largest absolute Gasteiger partial charge is 0.497 e. The number of aromatic nitrogens is 1. The molecule has 0 spiro atoms. The zero-order valence-electron chi connectivity index (χ0n) is 23.0. The number of carbonyl (C=O) groups excluding carboxylic acids is 2. The van der Waals surface area contributed by atoms with Crippen LogP contribution in [0.3, 0.4) is 0 Å². The minimum Gasteiger partial charge on any atom is -0.497 e. The standard InChI is InChI=1S/C30H33N5O5/c1-19-16-35(20(2)18-36)29(37)26-13-23(22-7-5-21(14-31)6-8-22)15-32-28(26)40-27(19)17-34(3)30(38)33-24-9-11-25(39-4)12-10-24/h5-13,15,19-20,27,36H,16-18H2,1-4H3,(H,33,38)/t19-,20-,27+/m0/s1. The molecule has 0 saturated carbocycles. The fraction of sp³-hybridized carbons (Fsp3) is 0.333. The summed E-state index contributed by atoms with van der Waals surface area (Å²) in [6, 6.07) is 17.1. The van der Waals surface area contributed by atoms with E-state index in [1.807, 2.05) is 6.92 Å². The minimum absolute atomic E-state index is 0.165. The maximum Gasteiger partial charge on any atom is 0.321 e. The monoisotopic (exact) mass is 543 g/mol. The van der Waals surface area contributed by atoms with Crippen molar-refractivity contribution in [3.63, 3.8) is 0 Å². The second kappa shape index (κ2) is 12.5. The minimum atomic E-state index is -0.486. The summed E-state index contributed by atoms with van der Waals surface area (Å²) >= 11 is 0. The molecule has 1 aliphatic heterocycles. The lowest BCUT2D eigenvalue weighted by molar-refractivity contribution is 0.0356. The van der Waals surface area contributed by atoms with Crippen LogP contribution in [0, 0.1) is 17.2 Å². The lowest BCUT2D eigenvalue weighted by Gasteiger charge is -2.37. The first-order valence-electron chi connectivity index (χ1n) is 13.0. The van der Waals surface area contributed by atoms with Crippen molar-refractivity contribution in [2.45, 2.75) is 26.0 Å². The fourth-order valence-electron chi connectivity index (χ4n) is 4.46. The second-order valence-corrected chi connectivity index (χ2v) is 9.93. The van der Waals surface area contributed by atoms with Crippen molar-refractivity contribution in [2.24, 2.45) is 5.92 Å². The van der Waals surface area contributed by atoms with E-state index in [1.165, 1.54) is 4.90 Å². The highest BCUT2D eigenvalue weighted by molar-refractivity contribution is 5.98. The van der Waals surface area contributed by atoms with Gasteiger partial charge >= 0.3 is 6.03 Å². The van der Waals surface area contributed by atoms with Gasteiger partial charge in [-0.2, -0.15) is 5.26 Å². The molecule has 3 amide bonds. The molecule has 0 aliphatic carbocycles. The van der Waals surface area contributed by atoms with Crippen LogP contribution in [0.1, 0.15) is 29.8 Å². The number of benzene rings is 2. The third kappa shape index (κ3) is 6.33. The van der Waals surface area contributed by atoms with Crippen molar-refractivity contribution in [2.75, 3.05) is 39.2 Å². The number of nitrogens with zero attached hydrogens (tertiary/aromatic N) is 4. The molecular weight excluding hydrogens is 510 g/mol. The number of nitriles is 1. The maximum absolute atomic E-state index is 13.7. The summed E-state index contributed by atoms with van der Waals surface area (Å²) in [7, 11) is 3.25. The van der Waals surface area contributed by atoms with Crippen LogP contribution in [0.2, 0.25) is 0 Å². The summed E-state index contributed by atoms with van der Waals surface area (Å²) in [5.74, 6) is 0.378. The Bertz CT molecular complexity index is 1390. The van der Waals surface area contributed by atoms with E-state index in [9.17, 15) is 14.7 Å². The van der Waals surface area contributed by atoms with Crippen LogP contribution in [-0.4, -0.2) is 77.8 Å². The van der Waals surface area contributed by atoms with Crippen LogP contribution in [0.25, 0.3) is 11.1 Å². The number of methoxy groups -OCH3 is 1. The SMILES string of the molecule is COc1ccc(NC(=O)N(C)C[C@H]2Oc3ncc(-c4ccc(C#N)cc4)cc3C(=O)N([C@@H](C)CO)C[C@@H]2C)cc1. The number of ether oxygens (including phenoxy) is 2. The number of carbonyl (C=O) groups is 2. The Balaban J connectivity index is 1.60. The van der Waals surface area contributed by atoms with Gasteiger partial charge in [0.2, 0.25) is 5.88 Å². The molecule has 0 bridgehead atoms. The maximum atomic E-state index is 13.7. The predicted octanol–water partition coefficient (Wildman–Crippen LogP) is 4.01. The number of rotatable bonds is 7. The predicted molar refractivity (Wildman–Crippen MR) is 150 cm³/mol. The van der Waals surface area contributed by atoms with Gasteiger partial charge in [0.05, 0.1) is 37.9 Å². The van der Waals surface area contributed by atoms with Crippen LogP contribution in [0.5, 0.6) is 11.6 Å². The molecule has 2 heterocycles. The van der Waals surface area contributed by atoms with Crippen molar-refractivity contribution >= 4 is 17.6 Å². The third-order valence-corrected chi connectivity index (χ3v) is 7.01. The van der Waals surface area contributed by atoms with E-state index in [2.05, 4.69) is 16.4 Å². The molecule has 0 radical (unpaired) electrons. The van der Waals surface area contributed by atoms with E-state index >= 15 is 0 Å². The van der Waals surface area contributed by atoms with Gasteiger partial charge in [0.15, 0.2) is 0 Å². The van der Waals surface area contributed by atoms with Gasteiger partial charge in [-0.15, -0.1) is 0 Å². The van der Waals surface area contributed by atoms with Gasteiger partial charge in [-0.05, 0) is 55.0 Å². The molecule has 1 aliphatic rings. The van der Waals surface area contributed by atoms with E-state index in [1.54, 1.807) is 86.8 Å². The van der Waals surface area contributed by atoms with Crippen LogP contribution in [-0.2, 0) is 0 Å². The summed E-state index contributed by atoms with van der Waals surface area (Å²) in [5, 5.41) is 21.9. The third-order valence-electron chi connectivity index (χ3n) is 7.01. The fourth-order valence-corrected chi connectivity index (χ4v) is 4.46. The Kier molecular flexibility index (Phi) is 8.86. The van der Waals surface area contributed by atoms with Crippen LogP contribution >= 0.6 is 0 Å². The van der Waals surface area contributed by atoms with Crippen molar-refractivity contribution in [3.05, 3.63) is 71.9 Å².